The van der Waals surface area contributed by atoms with E-state index in [4.69, 9.17) is 24.2 Å². The molecule has 0 bridgehead atoms. The van der Waals surface area contributed by atoms with Crippen molar-refractivity contribution in [1.29, 1.82) is 0 Å². The van der Waals surface area contributed by atoms with E-state index < -0.39 is 24.5 Å². The molecule has 2 aromatic heterocycles. The van der Waals surface area contributed by atoms with Crippen LogP contribution in [-0.2, 0) is 9.53 Å². The maximum Gasteiger partial charge on any atom is 0.422 e. The Labute approximate surface area is 315 Å². The van der Waals surface area contributed by atoms with Crippen LogP contribution in [0.1, 0.15) is 55.6 Å². The van der Waals surface area contributed by atoms with E-state index in [2.05, 4.69) is 32.6 Å². The number of rotatable bonds is 9. The van der Waals surface area contributed by atoms with Crippen LogP contribution in [0.2, 0.25) is 0 Å². The predicted molar refractivity (Wildman–Crippen MR) is 196 cm³/mol. The van der Waals surface area contributed by atoms with Crippen molar-refractivity contribution in [1.82, 2.24) is 30.0 Å². The summed E-state index contributed by atoms with van der Waals surface area (Å²) in [6, 6.07) is 6.54. The van der Waals surface area contributed by atoms with E-state index in [9.17, 15) is 22.4 Å². The lowest BCUT2D eigenvalue weighted by Gasteiger charge is -2.61. The summed E-state index contributed by atoms with van der Waals surface area (Å²) in [5.41, 5.74) is 4.25. The highest BCUT2D eigenvalue weighted by Gasteiger charge is 2.56. The number of ether oxygens (including phenoxy) is 3. The number of likely N-dealkylation sites (tertiary alicyclic amines) is 2. The van der Waals surface area contributed by atoms with E-state index in [1.165, 1.54) is 4.90 Å². The zero-order valence-corrected chi connectivity index (χ0v) is 30.7. The van der Waals surface area contributed by atoms with Crippen molar-refractivity contribution in [3.8, 4) is 22.9 Å². The van der Waals surface area contributed by atoms with Crippen molar-refractivity contribution in [3.63, 3.8) is 0 Å². The molecule has 290 valence electrons. The molecule has 11 nitrogen and oxygen atoms in total. The van der Waals surface area contributed by atoms with Crippen molar-refractivity contribution in [2.24, 2.45) is 10.8 Å². The summed E-state index contributed by atoms with van der Waals surface area (Å²) in [6.07, 6.45) is 1.96. The quantitative estimate of drug-likeness (QED) is 0.152. The molecule has 0 atom stereocenters. The Morgan fingerprint density at radius 2 is 1.78 bits per heavy atom. The fourth-order valence-electron chi connectivity index (χ4n) is 9.73. The zero-order valence-electron chi connectivity index (χ0n) is 30.7. The average molecular weight is 762 g/mol. The number of nitrogens with zero attached hydrogens (tertiary/aromatic N) is 6. The largest absolute Gasteiger partial charge is 0.481 e. The third-order valence-electron chi connectivity index (χ3n) is 12.9. The number of hydrogen-bond donors (Lipinski definition) is 1. The van der Waals surface area contributed by atoms with Crippen LogP contribution >= 0.6 is 0 Å². The van der Waals surface area contributed by atoms with Crippen molar-refractivity contribution in [2.45, 2.75) is 69.7 Å². The van der Waals surface area contributed by atoms with Crippen molar-refractivity contribution in [2.75, 3.05) is 64.0 Å². The normalized spacial score (nSPS) is 22.4. The van der Waals surface area contributed by atoms with Crippen LogP contribution in [0.3, 0.4) is 0 Å². The molecular weight excluding hydrogens is 718 g/mol. The third kappa shape index (κ3) is 6.08. The molecule has 1 N–H and O–H groups in total. The zero-order chi connectivity index (χ0) is 37.9. The van der Waals surface area contributed by atoms with Gasteiger partial charge in [-0.1, -0.05) is 12.6 Å². The lowest BCUT2D eigenvalue weighted by molar-refractivity contribution is -0.177. The van der Waals surface area contributed by atoms with E-state index in [1.54, 1.807) is 6.20 Å². The lowest BCUT2D eigenvalue weighted by atomic mass is 9.61. The Bertz CT molecular complexity index is 2200. The number of amides is 1. The van der Waals surface area contributed by atoms with E-state index in [-0.39, 0.29) is 40.1 Å². The summed E-state index contributed by atoms with van der Waals surface area (Å²) < 4.78 is 73.7. The van der Waals surface area contributed by atoms with Gasteiger partial charge in [-0.25, -0.2) is 4.39 Å². The summed E-state index contributed by atoms with van der Waals surface area (Å²) in [5.74, 6) is -0.835. The van der Waals surface area contributed by atoms with Gasteiger partial charge in [-0.2, -0.15) is 28.2 Å². The van der Waals surface area contributed by atoms with Gasteiger partial charge in [0.05, 0.1) is 31.0 Å². The Morgan fingerprint density at radius 3 is 2.44 bits per heavy atom. The highest BCUT2D eigenvalue weighted by molar-refractivity contribution is 6.06. The lowest BCUT2D eigenvalue weighted by Crippen LogP contribution is -2.69. The highest BCUT2D eigenvalue weighted by Crippen LogP contribution is 2.54. The standard InChI is InChI=1S/C40H43F4N7O4/c1-22-3-6-30-29(14-45-48-30)31(22)32-27(24-4-5-24)11-28-33(34(32)54-21-40(42,43)44)46-37(55-26-12-39(13-26)19-50(20-39)25-15-53-16-25)47-35(28)49-9-7-38(8-10-49)17-51(18-38)36(52)23(2)41/h3,6,11,14,24-26H,2,4-5,7-10,12-13,15-21H2,1H3,(H,45,48). The second-order valence-electron chi connectivity index (χ2n) is 17.0. The Morgan fingerprint density at radius 1 is 1.04 bits per heavy atom. The van der Waals surface area contributed by atoms with Gasteiger partial charge in [0.2, 0.25) is 0 Å². The molecule has 2 spiro atoms. The number of aromatic nitrogens is 4. The van der Waals surface area contributed by atoms with Gasteiger partial charge in [-0.05, 0) is 80.2 Å². The number of anilines is 1. The molecule has 1 amide bonds. The molecule has 4 aliphatic heterocycles. The smallest absolute Gasteiger partial charge is 0.422 e. The highest BCUT2D eigenvalue weighted by atomic mass is 19.4. The number of carbonyl (C=O) groups excluding carboxylic acids is 1. The number of benzene rings is 2. The van der Waals surface area contributed by atoms with E-state index in [0.29, 0.717) is 49.0 Å². The fraction of sp³-hybridized carbons (Fsp3) is 0.550. The summed E-state index contributed by atoms with van der Waals surface area (Å²) in [6.45, 7) is 9.29. The first-order valence-corrected chi connectivity index (χ1v) is 19.2. The van der Waals surface area contributed by atoms with Crippen molar-refractivity contribution >= 4 is 33.5 Å². The van der Waals surface area contributed by atoms with Gasteiger partial charge in [-0.3, -0.25) is 14.8 Å². The van der Waals surface area contributed by atoms with E-state index >= 15 is 0 Å². The first-order chi connectivity index (χ1) is 26.4. The second kappa shape index (κ2) is 12.5. The van der Waals surface area contributed by atoms with Gasteiger partial charge >= 0.3 is 12.2 Å². The van der Waals surface area contributed by atoms with Crippen LogP contribution in [-0.4, -0.2) is 113 Å². The molecule has 2 aliphatic carbocycles. The van der Waals surface area contributed by atoms with Crippen LogP contribution in [0.15, 0.2) is 36.8 Å². The molecular formula is C40H43F4N7O4. The number of aromatic amines is 1. The number of H-pyrrole nitrogens is 1. The van der Waals surface area contributed by atoms with Gasteiger partial charge in [-0.15, -0.1) is 0 Å². The minimum Gasteiger partial charge on any atom is -0.481 e. The number of piperidine rings is 1. The number of aryl methyl sites for hydroxylation is 1. The van der Waals surface area contributed by atoms with Gasteiger partial charge < -0.3 is 24.0 Å². The molecule has 6 aliphatic rings. The Hall–Kier alpha value is -4.50. The number of nitrogens with one attached hydrogen (secondary N) is 1. The number of fused-ring (bicyclic) bond motifs is 2. The monoisotopic (exact) mass is 761 g/mol. The molecule has 2 aromatic carbocycles. The van der Waals surface area contributed by atoms with Gasteiger partial charge in [0.1, 0.15) is 17.4 Å². The van der Waals surface area contributed by atoms with Crippen LogP contribution in [0, 0.1) is 17.8 Å². The van der Waals surface area contributed by atoms with Gasteiger partial charge in [0.15, 0.2) is 18.2 Å². The number of alkyl halides is 3. The summed E-state index contributed by atoms with van der Waals surface area (Å²) >= 11 is 0. The van der Waals surface area contributed by atoms with Gasteiger partial charge in [0.25, 0.3) is 5.91 Å². The van der Waals surface area contributed by atoms with Crippen molar-refractivity contribution in [3.05, 3.63) is 47.9 Å². The first kappa shape index (κ1) is 35.0. The third-order valence-corrected chi connectivity index (χ3v) is 12.9. The molecule has 6 fully saturated rings. The maximum atomic E-state index is 14.1. The molecule has 10 rings (SSSR count). The average Bonchev–Trinajstić information content (AvgIpc) is 3.82. The summed E-state index contributed by atoms with van der Waals surface area (Å²) in [7, 11) is 0. The maximum absolute atomic E-state index is 14.1. The minimum atomic E-state index is -4.60. The molecule has 2 saturated carbocycles. The molecule has 6 heterocycles. The molecule has 0 unspecified atom stereocenters. The summed E-state index contributed by atoms with van der Waals surface area (Å²) in [4.78, 5) is 28.3. The Balaban J connectivity index is 1.06. The fourth-order valence-corrected chi connectivity index (χ4v) is 9.73. The Kier molecular flexibility index (Phi) is 7.95. The molecule has 0 radical (unpaired) electrons. The van der Waals surface area contributed by atoms with Gasteiger partial charge in [0, 0.05) is 66.4 Å². The topological polar surface area (TPSA) is 109 Å². The molecule has 55 heavy (non-hydrogen) atoms. The van der Waals surface area contributed by atoms with Crippen LogP contribution < -0.4 is 14.4 Å². The molecule has 15 heteroatoms. The predicted octanol–water partition coefficient (Wildman–Crippen LogP) is 6.45. The van der Waals surface area contributed by atoms with Crippen molar-refractivity contribution < 1.29 is 36.6 Å². The number of halogens is 4. The van der Waals surface area contributed by atoms with E-state index in [0.717, 1.165) is 92.4 Å². The minimum absolute atomic E-state index is 0.0672. The SMILES string of the molecule is C=C(F)C(=O)N1CC2(CCN(c3nc(OC4CC5(C4)CN(C4COC4)C5)nc4c(OCC(F)(F)F)c(-c5c(C)ccc6[nH]ncc56)c(C5CC5)cc34)CC2)C1. The number of carbonyl (C=O) groups is 1. The van der Waals surface area contributed by atoms with Crippen LogP contribution in [0.4, 0.5) is 23.4 Å². The molecule has 4 aromatic rings. The second-order valence-corrected chi connectivity index (χ2v) is 17.0. The number of hydrogen-bond acceptors (Lipinski definition) is 9. The van der Waals surface area contributed by atoms with Crippen LogP contribution in [0.25, 0.3) is 32.9 Å². The van der Waals surface area contributed by atoms with Crippen LogP contribution in [0.5, 0.6) is 11.8 Å². The summed E-state index contributed by atoms with van der Waals surface area (Å²) in [5, 5.41) is 8.69. The van der Waals surface area contributed by atoms with E-state index in [1.807, 2.05) is 19.1 Å². The first-order valence-electron chi connectivity index (χ1n) is 19.2. The molecule has 4 saturated heterocycles.